The highest BCUT2D eigenvalue weighted by Crippen LogP contribution is 2.40. The molecule has 0 aromatic carbocycles. The lowest BCUT2D eigenvalue weighted by Gasteiger charge is -2.52. The number of carbonyl (C=O) groups excluding carboxylic acids is 5. The summed E-state index contributed by atoms with van der Waals surface area (Å²) in [5.41, 5.74) is 0. The molecule has 30 atom stereocenters. The van der Waals surface area contributed by atoms with Gasteiger partial charge in [0.2, 0.25) is 29.5 Å². The predicted octanol–water partition coefficient (Wildman–Crippen LogP) is -14.5. The van der Waals surface area contributed by atoms with Gasteiger partial charge in [0.25, 0.3) is 5.79 Å². The molecule has 0 radical (unpaired) electrons. The lowest BCUT2D eigenvalue weighted by atomic mass is 9.88. The summed E-state index contributed by atoms with van der Waals surface area (Å²) in [6.07, 6.45) is -51.2. The van der Waals surface area contributed by atoms with Gasteiger partial charge in [0.15, 0.2) is 25.2 Å². The maximum Gasteiger partial charge on any atom is 0.364 e. The largest absolute Gasteiger partial charge is 0.477 e. The zero-order valence-corrected chi connectivity index (χ0v) is 48.0. The number of ether oxygens (including phenoxy) is 10. The fraction of sp³-hybridized carbons (Fsp3) is 0.878. The highest BCUT2D eigenvalue weighted by Gasteiger charge is 2.61. The van der Waals surface area contributed by atoms with E-state index in [4.69, 9.17) is 47.4 Å². The van der Waals surface area contributed by atoms with Crippen LogP contribution in [0.5, 0.6) is 0 Å². The molecule has 0 spiro atoms. The zero-order valence-electron chi connectivity index (χ0n) is 48.0. The SMILES string of the molecule is CC(=O)NC1C(OC[C@H]2O[C@H](O[C@@H]([C@@H](O)[C@H](O)CO)[C@H](CO)NC(C)=O)[C@H](NC(C)=O)[C@@H](OC3O[C@H](CO)[C@H](OC4OC(CO)C(O)C(O[C@]5(C(=O)O)C[C@H](O)[C@@H](NC(C)=O)[C@H]([C@H](O)[C@H](O)CO)O5)C4NC(C)=O)[C@H](O)[C@H]3O)[C@H]2O)OC(CO)C(O)C1O. The third-order valence-corrected chi connectivity index (χ3v) is 15.0. The van der Waals surface area contributed by atoms with Gasteiger partial charge in [-0.25, -0.2) is 4.79 Å². The van der Waals surface area contributed by atoms with Crippen molar-refractivity contribution < 1.29 is 168 Å². The molecule has 0 aromatic heterocycles. The molecule has 88 heavy (non-hydrogen) atoms. The van der Waals surface area contributed by atoms with Crippen LogP contribution in [0.25, 0.3) is 0 Å². The molecule has 5 saturated heterocycles. The molecule has 5 aliphatic heterocycles. The van der Waals surface area contributed by atoms with Crippen molar-refractivity contribution in [3.8, 4) is 0 Å². The molecule has 0 bridgehead atoms. The van der Waals surface area contributed by atoms with Crippen molar-refractivity contribution in [3.63, 3.8) is 0 Å². The number of carbonyl (C=O) groups is 6. The Balaban J connectivity index is 1.54. The summed E-state index contributed by atoms with van der Waals surface area (Å²) in [7, 11) is 0. The number of carboxylic acid groups (broad SMARTS) is 1. The second-order valence-corrected chi connectivity index (χ2v) is 21.7. The van der Waals surface area contributed by atoms with Gasteiger partial charge < -0.3 is 166 Å². The fourth-order valence-electron chi connectivity index (χ4n) is 10.7. The first-order chi connectivity index (χ1) is 41.3. The van der Waals surface area contributed by atoms with Crippen LogP contribution in [0.1, 0.15) is 41.0 Å². The van der Waals surface area contributed by atoms with E-state index >= 15 is 0 Å². The number of aliphatic hydroxyl groups excluding tert-OH is 17. The molecular formula is C49H83N5O34. The van der Waals surface area contributed by atoms with Gasteiger partial charge in [-0.15, -0.1) is 0 Å². The maximum atomic E-state index is 13.3. The van der Waals surface area contributed by atoms with E-state index in [0.717, 1.165) is 34.6 Å². The normalized spacial score (nSPS) is 40.0. The fourth-order valence-corrected chi connectivity index (χ4v) is 10.7. The molecule has 5 aliphatic rings. The Morgan fingerprint density at radius 1 is 0.511 bits per heavy atom. The second kappa shape index (κ2) is 32.8. The second-order valence-electron chi connectivity index (χ2n) is 21.7. The summed E-state index contributed by atoms with van der Waals surface area (Å²) in [5, 5.41) is 207. The molecule has 23 N–H and O–H groups in total. The molecule has 0 aromatic rings. The van der Waals surface area contributed by atoms with Gasteiger partial charge in [0.05, 0.1) is 64.4 Å². The van der Waals surface area contributed by atoms with Crippen LogP contribution in [-0.4, -0.2) is 357 Å². The van der Waals surface area contributed by atoms with Crippen molar-refractivity contribution >= 4 is 35.5 Å². The summed E-state index contributed by atoms with van der Waals surface area (Å²) in [4.78, 5) is 75.9. The molecule has 508 valence electrons. The van der Waals surface area contributed by atoms with E-state index < -0.39 is 271 Å². The molecule has 0 saturated carbocycles. The molecule has 5 amide bonds. The van der Waals surface area contributed by atoms with E-state index in [1.165, 1.54) is 0 Å². The van der Waals surface area contributed by atoms with Crippen molar-refractivity contribution in [2.75, 3.05) is 46.2 Å². The van der Waals surface area contributed by atoms with Crippen molar-refractivity contribution in [1.29, 1.82) is 0 Å². The van der Waals surface area contributed by atoms with E-state index in [1.54, 1.807) is 0 Å². The summed E-state index contributed by atoms with van der Waals surface area (Å²) in [6, 6.07) is -8.95. The van der Waals surface area contributed by atoms with Crippen LogP contribution < -0.4 is 26.6 Å². The Morgan fingerprint density at radius 3 is 1.52 bits per heavy atom. The minimum atomic E-state index is -3.23. The first-order valence-electron chi connectivity index (χ1n) is 27.6. The highest BCUT2D eigenvalue weighted by atomic mass is 16.8. The average molecular weight is 1290 g/mol. The maximum absolute atomic E-state index is 13.3. The van der Waals surface area contributed by atoms with Crippen LogP contribution in [0.4, 0.5) is 0 Å². The van der Waals surface area contributed by atoms with Crippen molar-refractivity contribution in [1.82, 2.24) is 26.6 Å². The molecule has 5 heterocycles. The van der Waals surface area contributed by atoms with Crippen LogP contribution in [0.2, 0.25) is 0 Å². The molecule has 5 rings (SSSR count). The Labute approximate surface area is 499 Å². The number of nitrogens with one attached hydrogen (secondary N) is 5. The first-order valence-corrected chi connectivity index (χ1v) is 27.6. The Morgan fingerprint density at radius 2 is 1.00 bits per heavy atom. The third kappa shape index (κ3) is 17.7. The van der Waals surface area contributed by atoms with E-state index in [1.807, 2.05) is 0 Å². The Hall–Kier alpha value is -4.26. The van der Waals surface area contributed by atoms with Crippen molar-refractivity contribution in [2.45, 2.75) is 224 Å². The molecule has 0 aliphatic carbocycles. The van der Waals surface area contributed by atoms with Gasteiger partial charge >= 0.3 is 5.97 Å². The summed E-state index contributed by atoms with van der Waals surface area (Å²) in [5.74, 6) is -9.75. The van der Waals surface area contributed by atoms with Gasteiger partial charge in [-0.05, 0) is 0 Å². The number of hydrogen-bond acceptors (Lipinski definition) is 33. The van der Waals surface area contributed by atoms with E-state index in [-0.39, 0.29) is 0 Å². The Kier molecular flexibility index (Phi) is 27.8. The number of amides is 5. The summed E-state index contributed by atoms with van der Waals surface area (Å²) >= 11 is 0. The van der Waals surface area contributed by atoms with E-state index in [0.29, 0.717) is 0 Å². The average Bonchev–Trinajstić information content (AvgIpc) is 1.36. The zero-order chi connectivity index (χ0) is 66.0. The summed E-state index contributed by atoms with van der Waals surface area (Å²) < 4.78 is 59.1. The monoisotopic (exact) mass is 1290 g/mol. The molecule has 5 fully saturated rings. The van der Waals surface area contributed by atoms with Crippen molar-refractivity contribution in [3.05, 3.63) is 0 Å². The number of rotatable bonds is 28. The van der Waals surface area contributed by atoms with Crippen LogP contribution in [0.15, 0.2) is 0 Å². The van der Waals surface area contributed by atoms with Crippen LogP contribution in [-0.2, 0) is 76.1 Å². The van der Waals surface area contributed by atoms with Gasteiger partial charge in [-0.1, -0.05) is 0 Å². The smallest absolute Gasteiger partial charge is 0.364 e. The molecule has 39 nitrogen and oxygen atoms in total. The number of carboxylic acids is 1. The minimum Gasteiger partial charge on any atom is -0.477 e. The van der Waals surface area contributed by atoms with Gasteiger partial charge in [0, 0.05) is 41.0 Å². The number of aliphatic carboxylic acids is 1. The van der Waals surface area contributed by atoms with Gasteiger partial charge in [-0.3, -0.25) is 24.0 Å². The minimum absolute atomic E-state index is 0.779. The number of aliphatic hydroxyl groups is 17. The van der Waals surface area contributed by atoms with Crippen LogP contribution in [0.3, 0.4) is 0 Å². The van der Waals surface area contributed by atoms with Gasteiger partial charge in [0.1, 0.15) is 134 Å². The van der Waals surface area contributed by atoms with E-state index in [9.17, 15) is 121 Å². The topological polar surface area (TPSA) is 619 Å². The quantitative estimate of drug-likeness (QED) is 0.0346. The standard InChI is InChI=1S/C49H83N5O34/c1-14(61)50-19(7-55)39(31(69)21(67)8-56)84-45-29(53-17(4)64)41(35(73)26(83-45)13-79-44-28(52-16(3)63)36(74)33(71)23(10-58)80-44)86-47-38(76)37(75)40(25(12-60)82-47)85-46-30(54-18(5)65)43(34(72)24(11-59)81-46)88-49(48(77)78)6-20(66)27(51-15(2)62)42(87-49)32(70)22(68)9-57/h19-47,55-60,66-76H,6-13H2,1-5H3,(H,50,61)(H,51,62)(H,52,63)(H,53,64)(H,54,65)(H,77,78)/t19-,20-,21+,22+,23?,24?,25+,26+,27+,28?,29+,30?,31-,32+,33?,34?,35-,36?,37+,38+,39+,40-,41+,42+,43?,44?,45+,46?,47?,49-/m0/s1. The van der Waals surface area contributed by atoms with Crippen LogP contribution >= 0.6 is 0 Å². The van der Waals surface area contributed by atoms with Gasteiger partial charge in [-0.2, -0.15) is 0 Å². The first kappa shape index (κ1) is 74.5. The lowest BCUT2D eigenvalue weighted by molar-refractivity contribution is -0.380. The summed E-state index contributed by atoms with van der Waals surface area (Å²) in [6.45, 7) is -2.78. The van der Waals surface area contributed by atoms with Crippen molar-refractivity contribution in [2.24, 2.45) is 0 Å². The van der Waals surface area contributed by atoms with Crippen LogP contribution in [0, 0.1) is 0 Å². The lowest BCUT2D eigenvalue weighted by Crippen LogP contribution is -2.72. The molecular weight excluding hydrogens is 1200 g/mol. The Bertz CT molecular complexity index is 2290. The van der Waals surface area contributed by atoms with E-state index in [2.05, 4.69) is 26.6 Å². The number of hydrogen-bond donors (Lipinski definition) is 23. The molecule has 39 heteroatoms. The molecule has 11 unspecified atom stereocenters. The third-order valence-electron chi connectivity index (χ3n) is 15.0. The highest BCUT2D eigenvalue weighted by molar-refractivity contribution is 5.77. The predicted molar refractivity (Wildman–Crippen MR) is 277 cm³/mol.